The van der Waals surface area contributed by atoms with Gasteiger partial charge >= 0.3 is 12.2 Å². The number of imide groups is 1. The third kappa shape index (κ3) is 6.19. The summed E-state index contributed by atoms with van der Waals surface area (Å²) >= 11 is 2.33. The second-order valence-corrected chi connectivity index (χ2v) is 12.3. The van der Waals surface area contributed by atoms with Gasteiger partial charge in [-0.2, -0.15) is 0 Å². The molecule has 0 saturated carbocycles. The van der Waals surface area contributed by atoms with Crippen LogP contribution in [0.4, 0.5) is 9.59 Å². The number of hydrogen-bond acceptors (Lipinski definition) is 6. The molecule has 3 aliphatic rings. The number of hydrogen-bond donors (Lipinski definition) is 0. The number of fused-ring (bicyclic) bond motifs is 1. The van der Waals surface area contributed by atoms with Crippen LogP contribution >= 0.6 is 22.6 Å². The Morgan fingerprint density at radius 3 is 1.53 bits per heavy atom. The van der Waals surface area contributed by atoms with E-state index in [4.69, 9.17) is 9.47 Å². The molecule has 0 unspecified atom stereocenters. The Hall–Kier alpha value is -2.37. The Morgan fingerprint density at radius 1 is 0.794 bits per heavy atom. The fourth-order valence-corrected chi connectivity index (χ4v) is 4.48. The summed E-state index contributed by atoms with van der Waals surface area (Å²) in [6.07, 6.45) is -0.601. The van der Waals surface area contributed by atoms with Gasteiger partial charge in [-0.15, -0.1) is 0 Å². The van der Waals surface area contributed by atoms with Crippen molar-refractivity contribution in [1.29, 1.82) is 0 Å². The summed E-state index contributed by atoms with van der Waals surface area (Å²) in [5.41, 5.74) is -0.0584. The lowest BCUT2D eigenvalue weighted by molar-refractivity contribution is -0.00970. The SMILES string of the molecule is CC(C)(C)OC(=O)N1CC(I)C1.CC(C)(C)OC(=O)N1CC(N2C(=O)c3ccccc3C2=O)C1. The van der Waals surface area contributed by atoms with E-state index in [9.17, 15) is 19.2 Å². The van der Waals surface area contributed by atoms with Crippen LogP contribution in [0.1, 0.15) is 62.3 Å². The summed E-state index contributed by atoms with van der Waals surface area (Å²) in [7, 11) is 0. The van der Waals surface area contributed by atoms with Crippen molar-refractivity contribution in [2.24, 2.45) is 0 Å². The Kier molecular flexibility index (Phi) is 7.49. The molecule has 1 aromatic carbocycles. The van der Waals surface area contributed by atoms with E-state index in [1.807, 2.05) is 20.8 Å². The highest BCUT2D eigenvalue weighted by Crippen LogP contribution is 2.28. The molecule has 186 valence electrons. The monoisotopic (exact) mass is 585 g/mol. The predicted octanol–water partition coefficient (Wildman–Crippen LogP) is 3.94. The molecule has 0 N–H and O–H groups in total. The number of carbonyl (C=O) groups excluding carboxylic acids is 4. The van der Waals surface area contributed by atoms with Gasteiger partial charge in [0.15, 0.2) is 0 Å². The number of carbonyl (C=O) groups is 4. The Labute approximate surface area is 213 Å². The fraction of sp³-hybridized carbons (Fsp3) is 0.583. The van der Waals surface area contributed by atoms with Crippen LogP contribution in [-0.2, 0) is 9.47 Å². The molecule has 0 spiro atoms. The van der Waals surface area contributed by atoms with Crippen molar-refractivity contribution < 1.29 is 28.7 Å². The van der Waals surface area contributed by atoms with Crippen LogP contribution in [0.2, 0.25) is 0 Å². The molecule has 0 aromatic heterocycles. The summed E-state index contributed by atoms with van der Waals surface area (Å²) in [6, 6.07) is 6.50. The zero-order valence-electron chi connectivity index (χ0n) is 20.5. The first-order chi connectivity index (χ1) is 15.7. The van der Waals surface area contributed by atoms with Gasteiger partial charge < -0.3 is 19.3 Å². The molecule has 0 atom stereocenters. The Morgan fingerprint density at radius 2 is 1.18 bits per heavy atom. The van der Waals surface area contributed by atoms with E-state index in [1.54, 1.807) is 49.9 Å². The fourth-order valence-electron chi connectivity index (χ4n) is 3.53. The largest absolute Gasteiger partial charge is 0.444 e. The molecule has 2 fully saturated rings. The normalized spacial score (nSPS) is 18.5. The Bertz CT molecular complexity index is 937. The highest BCUT2D eigenvalue weighted by Gasteiger charge is 2.46. The van der Waals surface area contributed by atoms with E-state index in [0.717, 1.165) is 13.1 Å². The summed E-state index contributed by atoms with van der Waals surface area (Å²) in [6.45, 7) is 13.3. The Balaban J connectivity index is 0.000000229. The third-order valence-electron chi connectivity index (χ3n) is 5.19. The minimum atomic E-state index is -0.558. The van der Waals surface area contributed by atoms with E-state index < -0.39 is 11.7 Å². The minimum absolute atomic E-state index is 0.185. The van der Waals surface area contributed by atoms with E-state index in [2.05, 4.69) is 22.6 Å². The van der Waals surface area contributed by atoms with Crippen molar-refractivity contribution in [2.75, 3.05) is 26.2 Å². The standard InChI is InChI=1S/C16H18N2O4.C8H14INO2/c1-16(2,3)22-15(21)17-8-10(9-17)18-13(19)11-6-4-5-7-12(11)14(18)20;1-8(2,3)12-7(11)10-4-6(9)5-10/h4-7,10H,8-9H2,1-3H3;6H,4-5H2,1-3H3. The first-order valence-corrected chi connectivity index (χ1v) is 12.5. The van der Waals surface area contributed by atoms with E-state index >= 15 is 0 Å². The van der Waals surface area contributed by atoms with Gasteiger partial charge in [-0.3, -0.25) is 14.5 Å². The second kappa shape index (κ2) is 9.71. The number of ether oxygens (including phenoxy) is 2. The van der Waals surface area contributed by atoms with Crippen molar-refractivity contribution in [2.45, 2.75) is 62.7 Å². The molecule has 0 radical (unpaired) electrons. The van der Waals surface area contributed by atoms with Crippen LogP contribution in [0, 0.1) is 0 Å². The molecule has 4 amide bonds. The van der Waals surface area contributed by atoms with E-state index in [-0.39, 0.29) is 29.6 Å². The topological polar surface area (TPSA) is 96.5 Å². The molecule has 9 nitrogen and oxygen atoms in total. The quantitative estimate of drug-likeness (QED) is 0.282. The van der Waals surface area contributed by atoms with Gasteiger partial charge in [0, 0.05) is 30.1 Å². The van der Waals surface area contributed by atoms with Gasteiger partial charge in [0.05, 0.1) is 17.2 Å². The summed E-state index contributed by atoms with van der Waals surface area (Å²) < 4.78 is 11.0. The summed E-state index contributed by atoms with van der Waals surface area (Å²) in [5.74, 6) is -0.566. The predicted molar refractivity (Wildman–Crippen MR) is 134 cm³/mol. The first-order valence-electron chi connectivity index (χ1n) is 11.2. The number of nitrogens with zero attached hydrogens (tertiary/aromatic N) is 3. The second-order valence-electron chi connectivity index (χ2n) is 10.5. The molecular weight excluding hydrogens is 553 g/mol. The molecule has 4 rings (SSSR count). The molecule has 1 aromatic rings. The van der Waals surface area contributed by atoms with Gasteiger partial charge in [0.1, 0.15) is 11.2 Å². The van der Waals surface area contributed by atoms with Crippen LogP contribution in [0.3, 0.4) is 0 Å². The average molecular weight is 585 g/mol. The van der Waals surface area contributed by atoms with Crippen LogP contribution in [0.25, 0.3) is 0 Å². The molecule has 3 heterocycles. The van der Waals surface area contributed by atoms with Crippen LogP contribution < -0.4 is 0 Å². The molecular formula is C24H32IN3O6. The maximum absolute atomic E-state index is 12.3. The number of alkyl halides is 1. The number of amides is 4. The molecule has 2 saturated heterocycles. The minimum Gasteiger partial charge on any atom is -0.444 e. The van der Waals surface area contributed by atoms with Crippen molar-refractivity contribution in [3.63, 3.8) is 0 Å². The average Bonchev–Trinajstić information content (AvgIpc) is 2.88. The number of rotatable bonds is 1. The van der Waals surface area contributed by atoms with Gasteiger partial charge in [-0.1, -0.05) is 34.7 Å². The third-order valence-corrected chi connectivity index (χ3v) is 5.98. The summed E-state index contributed by atoms with van der Waals surface area (Å²) in [5, 5.41) is 0. The lowest BCUT2D eigenvalue weighted by Gasteiger charge is -2.42. The van der Waals surface area contributed by atoms with Crippen LogP contribution in [-0.4, -0.2) is 86.0 Å². The number of halogens is 1. The van der Waals surface area contributed by atoms with Crippen molar-refractivity contribution >= 4 is 46.6 Å². The van der Waals surface area contributed by atoms with Gasteiger partial charge in [0.2, 0.25) is 0 Å². The van der Waals surface area contributed by atoms with Gasteiger partial charge in [0.25, 0.3) is 11.8 Å². The van der Waals surface area contributed by atoms with Gasteiger partial charge in [-0.25, -0.2) is 9.59 Å². The van der Waals surface area contributed by atoms with Crippen molar-refractivity contribution in [3.8, 4) is 0 Å². The smallest absolute Gasteiger partial charge is 0.410 e. The van der Waals surface area contributed by atoms with Crippen molar-refractivity contribution in [3.05, 3.63) is 35.4 Å². The first kappa shape index (κ1) is 26.2. The lowest BCUT2D eigenvalue weighted by Crippen LogP contribution is -2.62. The lowest BCUT2D eigenvalue weighted by atomic mass is 10.1. The van der Waals surface area contributed by atoms with E-state index in [1.165, 1.54) is 9.80 Å². The van der Waals surface area contributed by atoms with Gasteiger partial charge in [-0.05, 0) is 53.7 Å². The highest BCUT2D eigenvalue weighted by molar-refractivity contribution is 14.1. The molecule has 34 heavy (non-hydrogen) atoms. The molecule has 0 bridgehead atoms. The van der Waals surface area contributed by atoms with Crippen LogP contribution in [0.15, 0.2) is 24.3 Å². The number of likely N-dealkylation sites (tertiary alicyclic amines) is 2. The number of benzene rings is 1. The molecule has 0 aliphatic carbocycles. The van der Waals surface area contributed by atoms with Crippen LogP contribution in [0.5, 0.6) is 0 Å². The zero-order chi connectivity index (χ0) is 25.4. The van der Waals surface area contributed by atoms with Crippen molar-refractivity contribution in [1.82, 2.24) is 14.7 Å². The zero-order valence-corrected chi connectivity index (χ0v) is 22.6. The highest BCUT2D eigenvalue weighted by atomic mass is 127. The molecule has 10 heteroatoms. The van der Waals surface area contributed by atoms with E-state index in [0.29, 0.717) is 28.1 Å². The maximum Gasteiger partial charge on any atom is 0.410 e. The summed E-state index contributed by atoms with van der Waals surface area (Å²) in [4.78, 5) is 52.3. The maximum atomic E-state index is 12.3. The molecule has 3 aliphatic heterocycles.